The second-order valence-electron chi connectivity index (χ2n) is 4.41. The molecule has 2 rings (SSSR count). The Morgan fingerprint density at radius 2 is 2.26 bits per heavy atom. The van der Waals surface area contributed by atoms with Gasteiger partial charge in [-0.1, -0.05) is 6.07 Å². The van der Waals surface area contributed by atoms with Crippen molar-refractivity contribution in [2.75, 3.05) is 7.05 Å². The van der Waals surface area contributed by atoms with Crippen LogP contribution in [0.25, 0.3) is 0 Å². The molecular weight excluding hydrogens is 262 g/mol. The normalized spacial score (nSPS) is 11.2. The molecule has 2 heterocycles. The van der Waals surface area contributed by atoms with Crippen molar-refractivity contribution in [3.05, 3.63) is 34.4 Å². The molecule has 0 saturated carbocycles. The first-order valence-electron chi connectivity index (χ1n) is 6.06. The van der Waals surface area contributed by atoms with Crippen molar-refractivity contribution in [3.63, 3.8) is 0 Å². The molecule has 0 fully saturated rings. The van der Waals surface area contributed by atoms with E-state index in [9.17, 15) is 4.79 Å². The van der Waals surface area contributed by atoms with Crippen molar-refractivity contribution in [1.29, 1.82) is 0 Å². The second-order valence-corrected chi connectivity index (χ2v) is 5.40. The number of hydrogen-bond donors (Lipinski definition) is 2. The van der Waals surface area contributed by atoms with Gasteiger partial charge >= 0.3 is 5.69 Å². The van der Waals surface area contributed by atoms with Gasteiger partial charge in [0.15, 0.2) is 5.16 Å². The lowest BCUT2D eigenvalue weighted by Crippen LogP contribution is -2.19. The number of pyridine rings is 1. The number of nitrogens with zero attached hydrogens (tertiary/aromatic N) is 3. The zero-order valence-corrected chi connectivity index (χ0v) is 12.0. The van der Waals surface area contributed by atoms with Gasteiger partial charge < -0.3 is 5.32 Å². The van der Waals surface area contributed by atoms with Crippen LogP contribution in [0.2, 0.25) is 0 Å². The van der Waals surface area contributed by atoms with E-state index in [1.54, 1.807) is 4.57 Å². The Hall–Kier alpha value is -1.60. The SMILES string of the molecule is CNCc1ccc(Sc2n[nH]c(=O)n2C(C)C)nc1. The van der Waals surface area contributed by atoms with Gasteiger partial charge in [0.2, 0.25) is 0 Å². The first kappa shape index (κ1) is 13.8. The molecule has 102 valence electrons. The molecule has 6 nitrogen and oxygen atoms in total. The molecule has 0 aliphatic carbocycles. The molecule has 2 aromatic rings. The maximum atomic E-state index is 11.6. The summed E-state index contributed by atoms with van der Waals surface area (Å²) >= 11 is 1.38. The average molecular weight is 279 g/mol. The highest BCUT2D eigenvalue weighted by Crippen LogP contribution is 2.24. The third-order valence-corrected chi connectivity index (χ3v) is 3.48. The van der Waals surface area contributed by atoms with Gasteiger partial charge in [-0.15, -0.1) is 5.10 Å². The largest absolute Gasteiger partial charge is 0.344 e. The minimum atomic E-state index is -0.190. The minimum absolute atomic E-state index is 0.0670. The van der Waals surface area contributed by atoms with Gasteiger partial charge in [0.1, 0.15) is 5.03 Å². The van der Waals surface area contributed by atoms with Crippen LogP contribution < -0.4 is 11.0 Å². The van der Waals surface area contributed by atoms with Crippen LogP contribution >= 0.6 is 11.8 Å². The molecule has 0 bridgehead atoms. The summed E-state index contributed by atoms with van der Waals surface area (Å²) in [6, 6.07) is 4.01. The quantitative estimate of drug-likeness (QED) is 0.865. The summed E-state index contributed by atoms with van der Waals surface area (Å²) in [6.45, 7) is 4.69. The molecule has 0 radical (unpaired) electrons. The van der Waals surface area contributed by atoms with Crippen molar-refractivity contribution in [3.8, 4) is 0 Å². The van der Waals surface area contributed by atoms with Gasteiger partial charge in [0.25, 0.3) is 0 Å². The van der Waals surface area contributed by atoms with Crippen LogP contribution in [-0.2, 0) is 6.54 Å². The molecule has 0 unspecified atom stereocenters. The summed E-state index contributed by atoms with van der Waals surface area (Å²) < 4.78 is 1.62. The van der Waals surface area contributed by atoms with Crippen molar-refractivity contribution in [2.45, 2.75) is 36.6 Å². The predicted octanol–water partition coefficient (Wildman–Crippen LogP) is 1.42. The zero-order valence-electron chi connectivity index (χ0n) is 11.2. The fraction of sp³-hybridized carbons (Fsp3) is 0.417. The molecule has 0 aliphatic rings. The van der Waals surface area contributed by atoms with E-state index in [-0.39, 0.29) is 11.7 Å². The number of hydrogen-bond acceptors (Lipinski definition) is 5. The summed E-state index contributed by atoms with van der Waals surface area (Å²) in [5, 5.41) is 11.0. The second kappa shape index (κ2) is 6.03. The molecule has 0 amide bonds. The minimum Gasteiger partial charge on any atom is -0.316 e. The first-order chi connectivity index (χ1) is 9.11. The molecule has 0 spiro atoms. The maximum absolute atomic E-state index is 11.6. The Labute approximate surface area is 115 Å². The van der Waals surface area contributed by atoms with E-state index in [0.717, 1.165) is 17.1 Å². The van der Waals surface area contributed by atoms with E-state index in [2.05, 4.69) is 20.5 Å². The van der Waals surface area contributed by atoms with E-state index in [1.807, 2.05) is 39.2 Å². The zero-order chi connectivity index (χ0) is 13.8. The molecule has 2 N–H and O–H groups in total. The molecule has 19 heavy (non-hydrogen) atoms. The van der Waals surface area contributed by atoms with Gasteiger partial charge in [0.05, 0.1) is 0 Å². The Morgan fingerprint density at radius 1 is 1.47 bits per heavy atom. The van der Waals surface area contributed by atoms with Crippen LogP contribution in [0.5, 0.6) is 0 Å². The standard InChI is InChI=1S/C12H17N5OS/c1-8(2)17-11(18)15-16-12(17)19-10-5-4-9(6-13-3)7-14-10/h4-5,7-8,13H,6H2,1-3H3,(H,15,18). The van der Waals surface area contributed by atoms with Gasteiger partial charge in [-0.2, -0.15) is 0 Å². The number of aromatic amines is 1. The van der Waals surface area contributed by atoms with E-state index >= 15 is 0 Å². The molecule has 0 atom stereocenters. The lowest BCUT2D eigenvalue weighted by atomic mass is 10.3. The van der Waals surface area contributed by atoms with Gasteiger partial charge in [0, 0.05) is 18.8 Å². The van der Waals surface area contributed by atoms with Gasteiger partial charge in [-0.25, -0.2) is 14.9 Å². The number of aromatic nitrogens is 4. The number of H-pyrrole nitrogens is 1. The Bertz CT molecular complexity index is 587. The smallest absolute Gasteiger partial charge is 0.316 e. The predicted molar refractivity (Wildman–Crippen MR) is 74.4 cm³/mol. The lowest BCUT2D eigenvalue weighted by molar-refractivity contribution is 0.534. The van der Waals surface area contributed by atoms with Crippen molar-refractivity contribution < 1.29 is 0 Å². The molecule has 0 aromatic carbocycles. The van der Waals surface area contributed by atoms with Crippen LogP contribution in [0.1, 0.15) is 25.5 Å². The first-order valence-corrected chi connectivity index (χ1v) is 6.87. The summed E-state index contributed by atoms with van der Waals surface area (Å²) in [7, 11) is 1.90. The van der Waals surface area contributed by atoms with E-state index in [4.69, 9.17) is 0 Å². The van der Waals surface area contributed by atoms with Crippen LogP contribution in [0.15, 0.2) is 33.3 Å². The average Bonchev–Trinajstić information content (AvgIpc) is 2.73. The summed E-state index contributed by atoms with van der Waals surface area (Å²) in [6.07, 6.45) is 1.82. The molecule has 0 aliphatic heterocycles. The van der Waals surface area contributed by atoms with Crippen LogP contribution in [0.4, 0.5) is 0 Å². The van der Waals surface area contributed by atoms with E-state index < -0.39 is 0 Å². The van der Waals surface area contributed by atoms with E-state index in [1.165, 1.54) is 11.8 Å². The number of nitrogens with one attached hydrogen (secondary N) is 2. The topological polar surface area (TPSA) is 75.6 Å². The highest BCUT2D eigenvalue weighted by Gasteiger charge is 2.13. The monoisotopic (exact) mass is 279 g/mol. The van der Waals surface area contributed by atoms with Crippen molar-refractivity contribution in [2.24, 2.45) is 0 Å². The Kier molecular flexibility index (Phi) is 4.39. The van der Waals surface area contributed by atoms with Gasteiger partial charge in [-0.3, -0.25) is 4.57 Å². The number of rotatable bonds is 5. The molecule has 0 saturated heterocycles. The van der Waals surface area contributed by atoms with Crippen molar-refractivity contribution in [1.82, 2.24) is 25.1 Å². The highest BCUT2D eigenvalue weighted by molar-refractivity contribution is 7.99. The van der Waals surface area contributed by atoms with Gasteiger partial charge in [-0.05, 0) is 44.3 Å². The third kappa shape index (κ3) is 3.24. The Balaban J connectivity index is 2.19. The van der Waals surface area contributed by atoms with Crippen molar-refractivity contribution >= 4 is 11.8 Å². The molecule has 2 aromatic heterocycles. The summed E-state index contributed by atoms with van der Waals surface area (Å²) in [5.74, 6) is 0. The summed E-state index contributed by atoms with van der Waals surface area (Å²) in [5.41, 5.74) is 0.930. The highest BCUT2D eigenvalue weighted by atomic mass is 32.2. The summed E-state index contributed by atoms with van der Waals surface area (Å²) in [4.78, 5) is 16.0. The fourth-order valence-corrected chi connectivity index (χ4v) is 2.60. The molecular formula is C12H17N5OS. The van der Waals surface area contributed by atoms with Crippen LogP contribution in [-0.4, -0.2) is 26.8 Å². The van der Waals surface area contributed by atoms with Crippen LogP contribution in [0.3, 0.4) is 0 Å². The lowest BCUT2D eigenvalue weighted by Gasteiger charge is -2.08. The van der Waals surface area contributed by atoms with Crippen LogP contribution in [0, 0.1) is 0 Å². The third-order valence-electron chi connectivity index (χ3n) is 2.56. The maximum Gasteiger partial charge on any atom is 0.344 e. The Morgan fingerprint density at radius 3 is 2.84 bits per heavy atom. The fourth-order valence-electron chi connectivity index (χ4n) is 1.69. The van der Waals surface area contributed by atoms with E-state index in [0.29, 0.717) is 5.16 Å². The molecule has 7 heteroatoms.